The van der Waals surface area contributed by atoms with Crippen LogP contribution in [0.1, 0.15) is 59.3 Å². The number of H-pyrrole nitrogens is 1. The van der Waals surface area contributed by atoms with Crippen molar-refractivity contribution in [3.63, 3.8) is 0 Å². The predicted octanol–water partition coefficient (Wildman–Crippen LogP) is 1.94. The van der Waals surface area contributed by atoms with Gasteiger partial charge in [0.2, 0.25) is 0 Å². The summed E-state index contributed by atoms with van der Waals surface area (Å²) in [5, 5.41) is 2.93. The molecule has 1 aromatic heterocycles. The number of rotatable bonds is 6. The second-order valence-corrected chi connectivity index (χ2v) is 5.72. The number of aryl methyl sites for hydroxylation is 1. The summed E-state index contributed by atoms with van der Waals surface area (Å²) < 4.78 is 0. The van der Waals surface area contributed by atoms with E-state index in [2.05, 4.69) is 24.1 Å². The van der Waals surface area contributed by atoms with Crippen molar-refractivity contribution in [1.29, 1.82) is 0 Å². The molecule has 1 heterocycles. The molecular formula is C15H25N3O2. The fourth-order valence-electron chi connectivity index (χ4n) is 2.55. The Morgan fingerprint density at radius 2 is 1.90 bits per heavy atom. The predicted molar refractivity (Wildman–Crippen MR) is 80.0 cm³/mol. The standard InChI is InChI=1S/C15H25N3O2/c1-8(2)6-12(7-16)18-15(20)14-9(3)13(11(5)19)10(4)17-14/h8,12,17H,6-7,16H2,1-5H3,(H,18,20). The quantitative estimate of drug-likeness (QED) is 0.695. The number of nitrogens with one attached hydrogen (secondary N) is 2. The summed E-state index contributed by atoms with van der Waals surface area (Å²) in [5.41, 5.74) is 8.18. The molecule has 112 valence electrons. The summed E-state index contributed by atoms with van der Waals surface area (Å²) >= 11 is 0. The zero-order valence-electron chi connectivity index (χ0n) is 13.0. The van der Waals surface area contributed by atoms with Gasteiger partial charge < -0.3 is 16.0 Å². The lowest BCUT2D eigenvalue weighted by molar-refractivity contribution is 0.0928. The first-order valence-corrected chi connectivity index (χ1v) is 6.98. The van der Waals surface area contributed by atoms with E-state index < -0.39 is 0 Å². The highest BCUT2D eigenvalue weighted by Gasteiger charge is 2.21. The van der Waals surface area contributed by atoms with Crippen molar-refractivity contribution >= 4 is 11.7 Å². The summed E-state index contributed by atoms with van der Waals surface area (Å²) in [6.45, 7) is 9.68. The Balaban J connectivity index is 2.93. The maximum absolute atomic E-state index is 12.3. The maximum Gasteiger partial charge on any atom is 0.268 e. The molecule has 1 unspecified atom stereocenters. The van der Waals surface area contributed by atoms with Gasteiger partial charge in [0.05, 0.1) is 0 Å². The molecule has 0 bridgehead atoms. The maximum atomic E-state index is 12.3. The first-order chi connectivity index (χ1) is 9.27. The third kappa shape index (κ3) is 3.70. The van der Waals surface area contributed by atoms with Gasteiger partial charge >= 0.3 is 0 Å². The number of hydrogen-bond acceptors (Lipinski definition) is 3. The Morgan fingerprint density at radius 1 is 1.30 bits per heavy atom. The molecule has 5 heteroatoms. The zero-order chi connectivity index (χ0) is 15.4. The van der Waals surface area contributed by atoms with Crippen molar-refractivity contribution in [2.24, 2.45) is 11.7 Å². The first kappa shape index (κ1) is 16.4. The van der Waals surface area contributed by atoms with Crippen LogP contribution in [0.3, 0.4) is 0 Å². The Morgan fingerprint density at radius 3 is 2.30 bits per heavy atom. The number of amides is 1. The number of Topliss-reactive ketones (excluding diaryl/α,β-unsaturated/α-hetero) is 1. The molecule has 0 saturated carbocycles. The van der Waals surface area contributed by atoms with Gasteiger partial charge in [-0.25, -0.2) is 0 Å². The van der Waals surface area contributed by atoms with E-state index in [4.69, 9.17) is 5.73 Å². The van der Waals surface area contributed by atoms with Gasteiger partial charge in [-0.1, -0.05) is 13.8 Å². The Kier molecular flexibility index (Phi) is 5.51. The van der Waals surface area contributed by atoms with Gasteiger partial charge in [-0.2, -0.15) is 0 Å². The monoisotopic (exact) mass is 279 g/mol. The second-order valence-electron chi connectivity index (χ2n) is 5.72. The molecule has 0 fully saturated rings. The molecule has 0 aliphatic rings. The van der Waals surface area contributed by atoms with E-state index in [-0.39, 0.29) is 17.7 Å². The number of hydrogen-bond donors (Lipinski definition) is 3. The lowest BCUT2D eigenvalue weighted by Crippen LogP contribution is -2.41. The number of aromatic amines is 1. The smallest absolute Gasteiger partial charge is 0.268 e. The van der Waals surface area contributed by atoms with Gasteiger partial charge in [0.1, 0.15) is 5.69 Å². The van der Waals surface area contributed by atoms with Crippen LogP contribution in [-0.4, -0.2) is 29.3 Å². The molecule has 1 aromatic rings. The highest BCUT2D eigenvalue weighted by molar-refractivity contribution is 6.02. The summed E-state index contributed by atoms with van der Waals surface area (Å²) in [4.78, 5) is 26.9. The molecule has 5 nitrogen and oxygen atoms in total. The molecule has 0 aromatic carbocycles. The topological polar surface area (TPSA) is 88.0 Å². The van der Waals surface area contributed by atoms with Gasteiger partial charge in [-0.15, -0.1) is 0 Å². The van der Waals surface area contributed by atoms with Gasteiger partial charge in [0, 0.05) is 23.8 Å². The van der Waals surface area contributed by atoms with Gasteiger partial charge in [-0.05, 0) is 38.7 Å². The van der Waals surface area contributed by atoms with E-state index in [9.17, 15) is 9.59 Å². The number of aromatic nitrogens is 1. The Labute approximate surface area is 120 Å². The van der Waals surface area contributed by atoms with E-state index in [1.165, 1.54) is 6.92 Å². The minimum Gasteiger partial charge on any atom is -0.354 e. The fourth-order valence-corrected chi connectivity index (χ4v) is 2.55. The lowest BCUT2D eigenvalue weighted by atomic mass is 10.0. The number of carbonyl (C=O) groups is 2. The molecule has 0 aliphatic carbocycles. The largest absolute Gasteiger partial charge is 0.354 e. The summed E-state index contributed by atoms with van der Waals surface area (Å²) in [6, 6.07) is -0.0497. The van der Waals surface area contributed by atoms with Crippen LogP contribution in [0.25, 0.3) is 0 Å². The van der Waals surface area contributed by atoms with Gasteiger partial charge in [-0.3, -0.25) is 9.59 Å². The average molecular weight is 279 g/mol. The van der Waals surface area contributed by atoms with Crippen molar-refractivity contribution < 1.29 is 9.59 Å². The Hall–Kier alpha value is -1.62. The van der Waals surface area contributed by atoms with E-state index in [0.717, 1.165) is 12.1 Å². The third-order valence-corrected chi connectivity index (χ3v) is 3.39. The third-order valence-electron chi connectivity index (χ3n) is 3.39. The summed E-state index contributed by atoms with van der Waals surface area (Å²) in [5.74, 6) is 0.227. The van der Waals surface area contributed by atoms with Crippen molar-refractivity contribution in [3.8, 4) is 0 Å². The molecule has 20 heavy (non-hydrogen) atoms. The van der Waals surface area contributed by atoms with Crippen molar-refractivity contribution in [1.82, 2.24) is 10.3 Å². The van der Waals surface area contributed by atoms with Crippen molar-refractivity contribution in [3.05, 3.63) is 22.5 Å². The highest BCUT2D eigenvalue weighted by atomic mass is 16.2. The zero-order valence-corrected chi connectivity index (χ0v) is 13.0. The lowest BCUT2D eigenvalue weighted by Gasteiger charge is -2.18. The normalized spacial score (nSPS) is 12.6. The molecule has 0 spiro atoms. The summed E-state index contributed by atoms with van der Waals surface area (Å²) in [7, 11) is 0. The molecule has 0 radical (unpaired) electrons. The number of nitrogens with two attached hydrogens (primary N) is 1. The van der Waals surface area contributed by atoms with E-state index in [1.54, 1.807) is 13.8 Å². The average Bonchev–Trinajstić information content (AvgIpc) is 2.63. The van der Waals surface area contributed by atoms with Gasteiger partial charge in [0.15, 0.2) is 5.78 Å². The van der Waals surface area contributed by atoms with Crippen molar-refractivity contribution in [2.75, 3.05) is 6.54 Å². The van der Waals surface area contributed by atoms with E-state index >= 15 is 0 Å². The van der Waals surface area contributed by atoms with Crippen molar-refractivity contribution in [2.45, 2.75) is 47.1 Å². The van der Waals surface area contributed by atoms with Crippen LogP contribution in [0.2, 0.25) is 0 Å². The van der Waals surface area contributed by atoms with Crippen LogP contribution in [0, 0.1) is 19.8 Å². The second kappa shape index (κ2) is 6.70. The van der Waals surface area contributed by atoms with Crippen LogP contribution >= 0.6 is 0 Å². The molecule has 1 rings (SSSR count). The minimum atomic E-state index is -0.200. The van der Waals surface area contributed by atoms with Crippen LogP contribution in [-0.2, 0) is 0 Å². The fraction of sp³-hybridized carbons (Fsp3) is 0.600. The molecule has 4 N–H and O–H groups in total. The van der Waals surface area contributed by atoms with E-state index in [1.807, 2.05) is 0 Å². The molecule has 1 atom stereocenters. The molecule has 0 aliphatic heterocycles. The SMILES string of the molecule is CC(=O)c1c(C)[nH]c(C(=O)NC(CN)CC(C)C)c1C. The summed E-state index contributed by atoms with van der Waals surface area (Å²) in [6.07, 6.45) is 0.834. The van der Waals surface area contributed by atoms with E-state index in [0.29, 0.717) is 29.3 Å². The minimum absolute atomic E-state index is 0.0344. The Bertz CT molecular complexity index is 503. The molecule has 0 saturated heterocycles. The van der Waals surface area contributed by atoms with Crippen LogP contribution in [0.4, 0.5) is 0 Å². The number of ketones is 1. The van der Waals surface area contributed by atoms with Crippen LogP contribution in [0.15, 0.2) is 0 Å². The molecular weight excluding hydrogens is 254 g/mol. The van der Waals surface area contributed by atoms with Crippen LogP contribution < -0.4 is 11.1 Å². The van der Waals surface area contributed by atoms with Crippen LogP contribution in [0.5, 0.6) is 0 Å². The van der Waals surface area contributed by atoms with Gasteiger partial charge in [0.25, 0.3) is 5.91 Å². The first-order valence-electron chi connectivity index (χ1n) is 6.98. The number of carbonyl (C=O) groups excluding carboxylic acids is 2. The highest BCUT2D eigenvalue weighted by Crippen LogP contribution is 2.18. The molecule has 1 amide bonds.